The lowest BCUT2D eigenvalue weighted by Crippen LogP contribution is -2.24. The van der Waals surface area contributed by atoms with E-state index in [1.807, 2.05) is 13.8 Å². The molecule has 0 aliphatic rings. The smallest absolute Gasteiger partial charge is 0.254 e. The molecule has 102 valence electrons. The molecule has 0 bridgehead atoms. The van der Waals surface area contributed by atoms with Gasteiger partial charge in [-0.15, -0.1) is 10.2 Å². The molecule has 6 nitrogen and oxygen atoms in total. The van der Waals surface area contributed by atoms with Gasteiger partial charge in [0.2, 0.25) is 5.13 Å². The summed E-state index contributed by atoms with van der Waals surface area (Å²) in [4.78, 5) is 16.2. The summed E-state index contributed by atoms with van der Waals surface area (Å²) >= 11 is 1.47. The molecule has 0 aliphatic heterocycles. The Morgan fingerprint density at radius 2 is 2.16 bits per heavy atom. The topological polar surface area (TPSA) is 72.7 Å². The molecule has 0 radical (unpaired) electrons. The zero-order valence-electron chi connectivity index (χ0n) is 11.3. The zero-order valence-corrected chi connectivity index (χ0v) is 12.1. The van der Waals surface area contributed by atoms with Gasteiger partial charge in [0.25, 0.3) is 5.56 Å². The summed E-state index contributed by atoms with van der Waals surface area (Å²) in [6, 6.07) is 1.53. The zero-order chi connectivity index (χ0) is 13.8. The van der Waals surface area contributed by atoms with Crippen LogP contribution in [0, 0.1) is 13.8 Å². The lowest BCUT2D eigenvalue weighted by atomic mass is 10.4. The van der Waals surface area contributed by atoms with Gasteiger partial charge in [-0.1, -0.05) is 18.3 Å². The normalized spacial score (nSPS) is 10.7. The Labute approximate surface area is 115 Å². The van der Waals surface area contributed by atoms with E-state index in [4.69, 9.17) is 0 Å². The summed E-state index contributed by atoms with van der Waals surface area (Å²) in [6.45, 7) is 7.03. The average Bonchev–Trinajstić information content (AvgIpc) is 2.79. The molecular formula is C12H17N5OS. The Kier molecular flexibility index (Phi) is 4.26. The monoisotopic (exact) mass is 279 g/mol. The predicted octanol–water partition coefficient (Wildman–Crippen LogP) is 1.58. The van der Waals surface area contributed by atoms with Crippen molar-refractivity contribution >= 4 is 16.5 Å². The lowest BCUT2D eigenvalue weighted by molar-refractivity contribution is 0.685. The van der Waals surface area contributed by atoms with Gasteiger partial charge in [0.15, 0.2) is 0 Å². The van der Waals surface area contributed by atoms with Crippen LogP contribution in [0.2, 0.25) is 0 Å². The molecule has 0 saturated carbocycles. The molecule has 0 aliphatic carbocycles. The quantitative estimate of drug-likeness (QED) is 0.899. The highest BCUT2D eigenvalue weighted by atomic mass is 32.1. The van der Waals surface area contributed by atoms with Crippen LogP contribution < -0.4 is 10.9 Å². The van der Waals surface area contributed by atoms with Gasteiger partial charge in [0, 0.05) is 18.3 Å². The number of nitrogens with zero attached hydrogens (tertiary/aromatic N) is 4. The first-order chi connectivity index (χ1) is 9.10. The van der Waals surface area contributed by atoms with Gasteiger partial charge in [0.1, 0.15) is 10.8 Å². The lowest BCUT2D eigenvalue weighted by Gasteiger charge is -2.06. The van der Waals surface area contributed by atoms with Crippen molar-refractivity contribution < 1.29 is 0 Å². The second-order valence-corrected chi connectivity index (χ2v) is 5.36. The van der Waals surface area contributed by atoms with E-state index in [1.54, 1.807) is 4.57 Å². The number of aromatic nitrogens is 4. The van der Waals surface area contributed by atoms with Gasteiger partial charge < -0.3 is 5.32 Å². The maximum Gasteiger partial charge on any atom is 0.254 e. The van der Waals surface area contributed by atoms with Crippen LogP contribution in [0.15, 0.2) is 10.9 Å². The third kappa shape index (κ3) is 3.37. The van der Waals surface area contributed by atoms with Crippen molar-refractivity contribution in [2.45, 2.75) is 33.7 Å². The van der Waals surface area contributed by atoms with Crippen molar-refractivity contribution in [3.05, 3.63) is 32.9 Å². The molecule has 0 saturated heterocycles. The van der Waals surface area contributed by atoms with Crippen LogP contribution in [-0.4, -0.2) is 26.3 Å². The van der Waals surface area contributed by atoms with E-state index in [2.05, 4.69) is 27.4 Å². The van der Waals surface area contributed by atoms with Crippen LogP contribution in [0.25, 0.3) is 0 Å². The highest BCUT2D eigenvalue weighted by Gasteiger charge is 2.08. The van der Waals surface area contributed by atoms with E-state index >= 15 is 0 Å². The molecule has 0 fully saturated rings. The minimum absolute atomic E-state index is 0.0525. The summed E-state index contributed by atoms with van der Waals surface area (Å²) < 4.78 is 1.61. The van der Waals surface area contributed by atoms with E-state index in [0.29, 0.717) is 12.4 Å². The maximum atomic E-state index is 11.9. The average molecular weight is 279 g/mol. The molecule has 7 heteroatoms. The molecule has 0 amide bonds. The fourth-order valence-corrected chi connectivity index (χ4v) is 2.47. The Morgan fingerprint density at radius 3 is 2.84 bits per heavy atom. The summed E-state index contributed by atoms with van der Waals surface area (Å²) in [5, 5.41) is 12.9. The Bertz CT molecular complexity index is 619. The number of rotatable bonds is 5. The summed E-state index contributed by atoms with van der Waals surface area (Å²) in [6.07, 6.45) is 1.04. The number of anilines is 1. The highest BCUT2D eigenvalue weighted by molar-refractivity contribution is 7.15. The first kappa shape index (κ1) is 13.7. The van der Waals surface area contributed by atoms with E-state index in [0.717, 1.165) is 28.8 Å². The molecule has 2 aromatic rings. The third-order valence-electron chi connectivity index (χ3n) is 2.61. The predicted molar refractivity (Wildman–Crippen MR) is 75.8 cm³/mol. The number of hydrogen-bond donors (Lipinski definition) is 1. The Hall–Kier alpha value is -1.76. The number of hydrogen-bond acceptors (Lipinski definition) is 6. The van der Waals surface area contributed by atoms with E-state index in [1.165, 1.54) is 17.4 Å². The van der Waals surface area contributed by atoms with E-state index < -0.39 is 0 Å². The molecule has 0 atom stereocenters. The van der Waals surface area contributed by atoms with Crippen molar-refractivity contribution in [2.24, 2.45) is 0 Å². The largest absolute Gasteiger partial charge is 0.360 e. The van der Waals surface area contributed by atoms with Crippen LogP contribution in [0.1, 0.15) is 29.9 Å². The van der Waals surface area contributed by atoms with Gasteiger partial charge in [0.05, 0.1) is 6.54 Å². The van der Waals surface area contributed by atoms with Crippen LogP contribution in [0.5, 0.6) is 0 Å². The van der Waals surface area contributed by atoms with Crippen molar-refractivity contribution in [3.63, 3.8) is 0 Å². The molecular weight excluding hydrogens is 262 g/mol. The third-order valence-corrected chi connectivity index (χ3v) is 3.48. The van der Waals surface area contributed by atoms with Gasteiger partial charge in [-0.2, -0.15) is 0 Å². The number of nitrogens with one attached hydrogen (secondary N) is 1. The molecule has 2 rings (SSSR count). The van der Waals surface area contributed by atoms with Crippen molar-refractivity contribution in [2.75, 3.05) is 11.9 Å². The van der Waals surface area contributed by atoms with Crippen LogP contribution in [0.4, 0.5) is 5.13 Å². The van der Waals surface area contributed by atoms with Crippen LogP contribution in [0.3, 0.4) is 0 Å². The van der Waals surface area contributed by atoms with E-state index in [-0.39, 0.29) is 5.56 Å². The Morgan fingerprint density at radius 1 is 1.37 bits per heavy atom. The van der Waals surface area contributed by atoms with Crippen LogP contribution in [-0.2, 0) is 6.54 Å². The van der Waals surface area contributed by atoms with Crippen molar-refractivity contribution in [3.8, 4) is 0 Å². The van der Waals surface area contributed by atoms with Crippen molar-refractivity contribution in [1.29, 1.82) is 0 Å². The minimum atomic E-state index is -0.0525. The van der Waals surface area contributed by atoms with Crippen LogP contribution >= 0.6 is 11.3 Å². The first-order valence-corrected chi connectivity index (χ1v) is 7.03. The SMILES string of the molecule is CCCNc1nnc(Cn2c(C)nc(C)cc2=O)s1. The van der Waals surface area contributed by atoms with Crippen molar-refractivity contribution in [1.82, 2.24) is 19.7 Å². The standard InChI is InChI=1S/C12H17N5OS/c1-4-5-13-12-16-15-10(19-12)7-17-9(3)14-8(2)6-11(17)18/h6H,4-5,7H2,1-3H3,(H,13,16). The first-order valence-electron chi connectivity index (χ1n) is 6.21. The molecule has 19 heavy (non-hydrogen) atoms. The second-order valence-electron chi connectivity index (χ2n) is 4.30. The highest BCUT2D eigenvalue weighted by Crippen LogP contribution is 2.15. The Balaban J connectivity index is 2.17. The fraction of sp³-hybridized carbons (Fsp3) is 0.500. The van der Waals surface area contributed by atoms with Gasteiger partial charge in [-0.3, -0.25) is 9.36 Å². The molecule has 0 spiro atoms. The minimum Gasteiger partial charge on any atom is -0.360 e. The molecule has 0 unspecified atom stereocenters. The second kappa shape index (κ2) is 5.92. The number of aryl methyl sites for hydroxylation is 2. The summed E-state index contributed by atoms with van der Waals surface area (Å²) in [7, 11) is 0. The fourth-order valence-electron chi connectivity index (χ4n) is 1.71. The molecule has 2 heterocycles. The summed E-state index contributed by atoms with van der Waals surface area (Å²) in [5.74, 6) is 0.697. The van der Waals surface area contributed by atoms with E-state index in [9.17, 15) is 4.79 Å². The van der Waals surface area contributed by atoms with Gasteiger partial charge in [-0.25, -0.2) is 4.98 Å². The van der Waals surface area contributed by atoms with Gasteiger partial charge >= 0.3 is 0 Å². The van der Waals surface area contributed by atoms with Gasteiger partial charge in [-0.05, 0) is 20.3 Å². The molecule has 0 aromatic carbocycles. The summed E-state index contributed by atoms with van der Waals surface area (Å²) in [5.41, 5.74) is 0.685. The maximum absolute atomic E-state index is 11.9. The molecule has 2 aromatic heterocycles. The molecule has 1 N–H and O–H groups in total.